The second-order valence-corrected chi connectivity index (χ2v) is 5.52. The summed E-state index contributed by atoms with van der Waals surface area (Å²) in [4.78, 5) is 12.0. The quantitative estimate of drug-likeness (QED) is 0.665. The van der Waals surface area contributed by atoms with Gasteiger partial charge in [0.1, 0.15) is 0 Å². The molecule has 0 fully saturated rings. The number of nitrogens with one attached hydrogen (secondary N) is 1. The zero-order valence-corrected chi connectivity index (χ0v) is 13.6. The first kappa shape index (κ1) is 17.7. The molecular weight excluding hydrogens is 262 g/mol. The van der Waals surface area contributed by atoms with Crippen molar-refractivity contribution in [2.75, 3.05) is 13.7 Å². The number of hydrogen-bond acceptors (Lipinski definition) is 3. The third-order valence-electron chi connectivity index (χ3n) is 3.84. The first-order chi connectivity index (χ1) is 10.2. The number of benzene rings is 1. The van der Waals surface area contributed by atoms with Crippen LogP contribution in [0.5, 0.6) is 0 Å². The predicted octanol–water partition coefficient (Wildman–Crippen LogP) is 3.89. The van der Waals surface area contributed by atoms with Crippen LogP contribution >= 0.6 is 0 Å². The summed E-state index contributed by atoms with van der Waals surface area (Å²) in [6.45, 7) is 5.06. The molecule has 1 rings (SSSR count). The third kappa shape index (κ3) is 6.30. The first-order valence-electron chi connectivity index (χ1n) is 8.09. The monoisotopic (exact) mass is 291 g/mol. The van der Waals surface area contributed by atoms with Gasteiger partial charge in [-0.2, -0.15) is 0 Å². The Morgan fingerprint density at radius 2 is 1.86 bits per heavy atom. The fourth-order valence-corrected chi connectivity index (χ4v) is 2.60. The van der Waals surface area contributed by atoms with E-state index >= 15 is 0 Å². The van der Waals surface area contributed by atoms with Crippen molar-refractivity contribution in [2.24, 2.45) is 0 Å². The molecule has 0 saturated carbocycles. The Hall–Kier alpha value is -1.35. The van der Waals surface area contributed by atoms with Crippen molar-refractivity contribution in [3.8, 4) is 0 Å². The minimum absolute atomic E-state index is 0.167. The highest BCUT2D eigenvalue weighted by molar-refractivity contribution is 5.78. The van der Waals surface area contributed by atoms with E-state index < -0.39 is 0 Å². The summed E-state index contributed by atoms with van der Waals surface area (Å²) < 4.78 is 4.96. The van der Waals surface area contributed by atoms with Crippen molar-refractivity contribution in [3.05, 3.63) is 35.9 Å². The van der Waals surface area contributed by atoms with Gasteiger partial charge >= 0.3 is 5.97 Å². The van der Waals surface area contributed by atoms with E-state index in [1.807, 2.05) is 30.3 Å². The molecule has 0 aromatic heterocycles. The number of methoxy groups -OCH3 is 1. The maximum absolute atomic E-state index is 12.0. The SMILES string of the molecule is CCCCC(CCC)NCC(C(=O)OC)c1ccccc1. The minimum atomic E-state index is -0.225. The van der Waals surface area contributed by atoms with E-state index in [-0.39, 0.29) is 11.9 Å². The molecule has 0 saturated heterocycles. The Bertz CT molecular complexity index is 391. The molecular formula is C18H29NO2. The Morgan fingerprint density at radius 3 is 2.43 bits per heavy atom. The van der Waals surface area contributed by atoms with Gasteiger partial charge in [0.25, 0.3) is 0 Å². The van der Waals surface area contributed by atoms with E-state index in [1.165, 1.54) is 26.4 Å². The Labute approximate surface area is 129 Å². The molecule has 0 bridgehead atoms. The number of esters is 1. The molecule has 0 aliphatic carbocycles. The molecule has 2 atom stereocenters. The first-order valence-corrected chi connectivity index (χ1v) is 8.09. The Morgan fingerprint density at radius 1 is 1.14 bits per heavy atom. The Balaban J connectivity index is 2.66. The van der Waals surface area contributed by atoms with E-state index in [4.69, 9.17) is 4.74 Å². The number of ether oxygens (including phenoxy) is 1. The molecule has 0 radical (unpaired) electrons. The maximum atomic E-state index is 12.0. The van der Waals surface area contributed by atoms with Gasteiger partial charge in [-0.3, -0.25) is 4.79 Å². The van der Waals surface area contributed by atoms with Crippen molar-refractivity contribution < 1.29 is 9.53 Å². The Kier molecular flexibility index (Phi) is 8.76. The number of rotatable bonds is 10. The summed E-state index contributed by atoms with van der Waals surface area (Å²) in [7, 11) is 1.46. The summed E-state index contributed by atoms with van der Waals surface area (Å²) in [5.41, 5.74) is 1.02. The molecule has 3 nitrogen and oxygen atoms in total. The zero-order valence-electron chi connectivity index (χ0n) is 13.6. The molecule has 0 amide bonds. The molecule has 0 aliphatic heterocycles. The van der Waals surface area contributed by atoms with Gasteiger partial charge in [-0.05, 0) is 18.4 Å². The molecule has 1 N–H and O–H groups in total. The molecule has 0 aliphatic rings. The molecule has 1 aromatic rings. The molecule has 1 aromatic carbocycles. The molecule has 118 valence electrons. The van der Waals surface area contributed by atoms with Crippen LogP contribution in [0.3, 0.4) is 0 Å². The van der Waals surface area contributed by atoms with Gasteiger partial charge in [0, 0.05) is 12.6 Å². The fourth-order valence-electron chi connectivity index (χ4n) is 2.60. The average molecular weight is 291 g/mol. The predicted molar refractivity (Wildman–Crippen MR) is 87.4 cm³/mol. The van der Waals surface area contributed by atoms with E-state index in [9.17, 15) is 4.79 Å². The lowest BCUT2D eigenvalue weighted by Crippen LogP contribution is -2.35. The molecule has 3 heteroatoms. The van der Waals surface area contributed by atoms with Crippen LogP contribution in [0.2, 0.25) is 0 Å². The largest absolute Gasteiger partial charge is 0.469 e. The smallest absolute Gasteiger partial charge is 0.314 e. The van der Waals surface area contributed by atoms with Crippen molar-refractivity contribution in [1.82, 2.24) is 5.32 Å². The normalized spacial score (nSPS) is 13.7. The summed E-state index contributed by atoms with van der Waals surface area (Å²) in [5.74, 6) is -0.392. The third-order valence-corrected chi connectivity index (χ3v) is 3.84. The van der Waals surface area contributed by atoms with Crippen LogP contribution in [0.4, 0.5) is 0 Å². The number of hydrogen-bond donors (Lipinski definition) is 1. The highest BCUT2D eigenvalue weighted by atomic mass is 16.5. The van der Waals surface area contributed by atoms with Crippen LogP contribution in [0, 0.1) is 0 Å². The molecule has 0 heterocycles. The average Bonchev–Trinajstić information content (AvgIpc) is 2.53. The van der Waals surface area contributed by atoms with Crippen molar-refractivity contribution in [1.29, 1.82) is 0 Å². The minimum Gasteiger partial charge on any atom is -0.469 e. The van der Waals surface area contributed by atoms with E-state index in [0.717, 1.165) is 18.4 Å². The molecule has 2 unspecified atom stereocenters. The lowest BCUT2D eigenvalue weighted by atomic mass is 9.97. The van der Waals surface area contributed by atoms with Gasteiger partial charge in [-0.15, -0.1) is 0 Å². The van der Waals surface area contributed by atoms with Crippen molar-refractivity contribution >= 4 is 5.97 Å². The highest BCUT2D eigenvalue weighted by Gasteiger charge is 2.22. The lowest BCUT2D eigenvalue weighted by Gasteiger charge is -2.22. The van der Waals surface area contributed by atoms with E-state index in [2.05, 4.69) is 19.2 Å². The van der Waals surface area contributed by atoms with E-state index in [1.54, 1.807) is 0 Å². The standard InChI is InChI=1S/C18H29NO2/c1-4-6-13-16(10-5-2)19-14-17(18(20)21-3)15-11-8-7-9-12-15/h7-9,11-12,16-17,19H,4-6,10,13-14H2,1-3H3. The van der Waals surface area contributed by atoms with Crippen LogP contribution in [-0.2, 0) is 9.53 Å². The lowest BCUT2D eigenvalue weighted by molar-refractivity contribution is -0.142. The van der Waals surface area contributed by atoms with Gasteiger partial charge in [-0.1, -0.05) is 63.4 Å². The number of carbonyl (C=O) groups excluding carboxylic acids is 1. The van der Waals surface area contributed by atoms with Gasteiger partial charge < -0.3 is 10.1 Å². The number of unbranched alkanes of at least 4 members (excludes halogenated alkanes) is 1. The van der Waals surface area contributed by atoms with Crippen LogP contribution < -0.4 is 5.32 Å². The van der Waals surface area contributed by atoms with Gasteiger partial charge in [0.15, 0.2) is 0 Å². The summed E-state index contributed by atoms with van der Waals surface area (Å²) >= 11 is 0. The second-order valence-electron chi connectivity index (χ2n) is 5.52. The second kappa shape index (κ2) is 10.4. The maximum Gasteiger partial charge on any atom is 0.314 e. The van der Waals surface area contributed by atoms with Gasteiger partial charge in [0.2, 0.25) is 0 Å². The fraction of sp³-hybridized carbons (Fsp3) is 0.611. The summed E-state index contributed by atoms with van der Waals surface area (Å²) in [6.07, 6.45) is 5.93. The van der Waals surface area contributed by atoms with Crippen LogP contribution in [0.1, 0.15) is 57.4 Å². The van der Waals surface area contributed by atoms with Gasteiger partial charge in [-0.25, -0.2) is 0 Å². The number of carbonyl (C=O) groups is 1. The molecule has 21 heavy (non-hydrogen) atoms. The van der Waals surface area contributed by atoms with Crippen LogP contribution in [-0.4, -0.2) is 25.7 Å². The molecule has 0 spiro atoms. The summed E-state index contributed by atoms with van der Waals surface area (Å²) in [5, 5.41) is 3.57. The van der Waals surface area contributed by atoms with Gasteiger partial charge in [0.05, 0.1) is 13.0 Å². The van der Waals surface area contributed by atoms with Crippen molar-refractivity contribution in [2.45, 2.75) is 57.9 Å². The van der Waals surface area contributed by atoms with Crippen molar-refractivity contribution in [3.63, 3.8) is 0 Å². The van der Waals surface area contributed by atoms with E-state index in [0.29, 0.717) is 12.6 Å². The highest BCUT2D eigenvalue weighted by Crippen LogP contribution is 2.17. The zero-order chi connectivity index (χ0) is 15.5. The topological polar surface area (TPSA) is 38.3 Å². The van der Waals surface area contributed by atoms with Crippen LogP contribution in [0.15, 0.2) is 30.3 Å². The summed E-state index contributed by atoms with van der Waals surface area (Å²) in [6, 6.07) is 10.4. The van der Waals surface area contributed by atoms with Crippen LogP contribution in [0.25, 0.3) is 0 Å².